The highest BCUT2D eigenvalue weighted by molar-refractivity contribution is 6.00. The maximum atomic E-state index is 13.5. The largest absolute Gasteiger partial charge is 0.508 e. The minimum absolute atomic E-state index is 0.00115. The van der Waals surface area contributed by atoms with E-state index in [1.807, 2.05) is 36.4 Å². The number of hydrogen-bond acceptors (Lipinski definition) is 6. The number of benzene rings is 3. The standard InChI is InChI=1S/C27H31N3O6/c1-27(2,3)36-26(35)29-22(16-31)25(34)30(4)23(18-10-13-21(32)14-11-18)24(33)28-20-12-9-17-7-5-6-8-19(17)15-20/h5-15,22-23,31-32H,16H2,1-4H3,(H,28,33)(H,29,35). The summed E-state index contributed by atoms with van der Waals surface area (Å²) in [6, 6.07) is 16.6. The summed E-state index contributed by atoms with van der Waals surface area (Å²) in [5.41, 5.74) is 0.165. The van der Waals surface area contributed by atoms with Crippen LogP contribution >= 0.6 is 0 Å². The van der Waals surface area contributed by atoms with Crippen LogP contribution in [-0.4, -0.2) is 58.3 Å². The molecule has 0 aliphatic rings. The molecule has 36 heavy (non-hydrogen) atoms. The molecule has 3 aromatic rings. The number of likely N-dealkylation sites (N-methyl/N-ethyl adjacent to an activating group) is 1. The zero-order valence-corrected chi connectivity index (χ0v) is 20.7. The van der Waals surface area contributed by atoms with E-state index in [4.69, 9.17) is 4.74 Å². The quantitative estimate of drug-likeness (QED) is 0.398. The molecule has 4 N–H and O–H groups in total. The van der Waals surface area contributed by atoms with Crippen molar-refractivity contribution in [1.82, 2.24) is 10.2 Å². The van der Waals surface area contributed by atoms with E-state index in [0.29, 0.717) is 11.3 Å². The molecule has 3 amide bonds. The average Bonchev–Trinajstić information content (AvgIpc) is 2.82. The van der Waals surface area contributed by atoms with Gasteiger partial charge in [0, 0.05) is 12.7 Å². The second kappa shape index (κ2) is 11.1. The molecule has 3 rings (SSSR count). The van der Waals surface area contributed by atoms with Crippen LogP contribution < -0.4 is 10.6 Å². The molecule has 9 nitrogen and oxygen atoms in total. The summed E-state index contributed by atoms with van der Waals surface area (Å²) in [6.45, 7) is 4.32. The molecule has 0 aliphatic carbocycles. The van der Waals surface area contributed by atoms with Gasteiger partial charge in [0.2, 0.25) is 5.91 Å². The molecule has 0 aliphatic heterocycles. The van der Waals surface area contributed by atoms with Gasteiger partial charge in [0.05, 0.1) is 6.61 Å². The van der Waals surface area contributed by atoms with Crippen molar-refractivity contribution in [2.75, 3.05) is 19.0 Å². The third kappa shape index (κ3) is 6.73. The van der Waals surface area contributed by atoms with Crippen LogP contribution in [0.25, 0.3) is 10.8 Å². The van der Waals surface area contributed by atoms with Gasteiger partial charge in [0.15, 0.2) is 0 Å². The smallest absolute Gasteiger partial charge is 0.408 e. The normalized spacial score (nSPS) is 12.9. The molecule has 0 spiro atoms. The molecule has 190 valence electrons. The van der Waals surface area contributed by atoms with Crippen molar-refractivity contribution >= 4 is 34.4 Å². The van der Waals surface area contributed by atoms with Crippen LogP contribution in [0.5, 0.6) is 5.75 Å². The molecule has 0 bridgehead atoms. The summed E-state index contributed by atoms with van der Waals surface area (Å²) in [6.07, 6.45) is -0.870. The molecular formula is C27H31N3O6. The number of rotatable bonds is 7. The van der Waals surface area contributed by atoms with Crippen LogP contribution in [0.4, 0.5) is 10.5 Å². The summed E-state index contributed by atoms with van der Waals surface area (Å²) >= 11 is 0. The molecule has 0 saturated heterocycles. The minimum atomic E-state index is -1.34. The Labute approximate surface area is 209 Å². The zero-order chi connectivity index (χ0) is 26.5. The van der Waals surface area contributed by atoms with Gasteiger partial charge in [-0.1, -0.05) is 42.5 Å². The maximum absolute atomic E-state index is 13.5. The Balaban J connectivity index is 1.87. The highest BCUT2D eigenvalue weighted by Crippen LogP contribution is 2.26. The van der Waals surface area contributed by atoms with Gasteiger partial charge in [-0.2, -0.15) is 0 Å². The van der Waals surface area contributed by atoms with Crippen molar-refractivity contribution in [2.45, 2.75) is 38.5 Å². The third-order valence-electron chi connectivity index (χ3n) is 5.38. The Kier molecular flexibility index (Phi) is 8.16. The number of hydrogen-bond donors (Lipinski definition) is 4. The first kappa shape index (κ1) is 26.5. The van der Waals surface area contributed by atoms with Crippen molar-refractivity contribution in [3.05, 3.63) is 72.3 Å². The van der Waals surface area contributed by atoms with E-state index in [0.717, 1.165) is 15.7 Å². The lowest BCUT2D eigenvalue weighted by molar-refractivity contribution is -0.139. The van der Waals surface area contributed by atoms with Crippen LogP contribution in [0, 0.1) is 0 Å². The Bertz CT molecular complexity index is 1240. The van der Waals surface area contributed by atoms with Gasteiger partial charge in [-0.25, -0.2) is 4.79 Å². The number of fused-ring (bicyclic) bond motifs is 1. The summed E-state index contributed by atoms with van der Waals surface area (Å²) < 4.78 is 5.18. The number of nitrogens with zero attached hydrogens (tertiary/aromatic N) is 1. The number of amides is 3. The number of anilines is 1. The van der Waals surface area contributed by atoms with Gasteiger partial charge in [0.25, 0.3) is 5.91 Å². The summed E-state index contributed by atoms with van der Waals surface area (Å²) in [5.74, 6) is -1.21. The SMILES string of the molecule is CN(C(=O)C(CO)NC(=O)OC(C)(C)C)C(C(=O)Nc1ccc2ccccc2c1)c1ccc(O)cc1. The van der Waals surface area contributed by atoms with E-state index < -0.39 is 42.2 Å². The Morgan fingerprint density at radius 1 is 0.972 bits per heavy atom. The van der Waals surface area contributed by atoms with Gasteiger partial charge < -0.3 is 30.5 Å². The van der Waals surface area contributed by atoms with Gasteiger partial charge in [-0.15, -0.1) is 0 Å². The van der Waals surface area contributed by atoms with E-state index in [2.05, 4.69) is 10.6 Å². The fourth-order valence-electron chi connectivity index (χ4n) is 3.69. The van der Waals surface area contributed by atoms with E-state index in [1.54, 1.807) is 26.8 Å². The van der Waals surface area contributed by atoms with E-state index in [-0.39, 0.29) is 5.75 Å². The van der Waals surface area contributed by atoms with Crippen LogP contribution in [0.15, 0.2) is 66.7 Å². The summed E-state index contributed by atoms with van der Waals surface area (Å²) in [5, 5.41) is 26.6. The van der Waals surface area contributed by atoms with Gasteiger partial charge >= 0.3 is 6.09 Å². The zero-order valence-electron chi connectivity index (χ0n) is 20.7. The molecule has 3 aromatic carbocycles. The molecular weight excluding hydrogens is 462 g/mol. The number of aliphatic hydroxyl groups excluding tert-OH is 1. The molecule has 2 unspecified atom stereocenters. The van der Waals surface area contributed by atoms with Crippen molar-refractivity contribution in [1.29, 1.82) is 0 Å². The van der Waals surface area contributed by atoms with Crippen LogP contribution in [0.2, 0.25) is 0 Å². The molecule has 0 aromatic heterocycles. The number of aromatic hydroxyl groups is 1. The lowest BCUT2D eigenvalue weighted by Gasteiger charge is -2.31. The van der Waals surface area contributed by atoms with Gasteiger partial charge in [-0.3, -0.25) is 9.59 Å². The molecule has 9 heteroatoms. The predicted octanol–water partition coefficient (Wildman–Crippen LogP) is 3.57. The minimum Gasteiger partial charge on any atom is -0.508 e. The van der Waals surface area contributed by atoms with Gasteiger partial charge in [0.1, 0.15) is 23.4 Å². The fourth-order valence-corrected chi connectivity index (χ4v) is 3.69. The Morgan fingerprint density at radius 2 is 1.61 bits per heavy atom. The number of aliphatic hydroxyl groups is 1. The topological polar surface area (TPSA) is 128 Å². The first-order valence-corrected chi connectivity index (χ1v) is 11.4. The van der Waals surface area contributed by atoms with E-state index in [9.17, 15) is 24.6 Å². The van der Waals surface area contributed by atoms with Crippen molar-refractivity contribution < 1.29 is 29.3 Å². The second-order valence-electron chi connectivity index (χ2n) is 9.38. The van der Waals surface area contributed by atoms with E-state index in [1.165, 1.54) is 31.3 Å². The predicted molar refractivity (Wildman–Crippen MR) is 136 cm³/mol. The molecule has 0 radical (unpaired) electrons. The molecule has 0 heterocycles. The first-order chi connectivity index (χ1) is 17.0. The van der Waals surface area contributed by atoms with Crippen LogP contribution in [-0.2, 0) is 14.3 Å². The molecule has 0 fully saturated rings. The number of alkyl carbamates (subject to hydrolysis) is 1. The summed E-state index contributed by atoms with van der Waals surface area (Å²) in [7, 11) is 1.40. The first-order valence-electron chi connectivity index (χ1n) is 11.4. The number of phenols is 1. The lowest BCUT2D eigenvalue weighted by atomic mass is 10.0. The monoisotopic (exact) mass is 493 g/mol. The average molecular weight is 494 g/mol. The summed E-state index contributed by atoms with van der Waals surface area (Å²) in [4.78, 5) is 40.0. The number of ether oxygens (including phenoxy) is 1. The Hall–Kier alpha value is -4.11. The Morgan fingerprint density at radius 3 is 2.22 bits per heavy atom. The van der Waals surface area contributed by atoms with Crippen LogP contribution in [0.1, 0.15) is 32.4 Å². The van der Waals surface area contributed by atoms with Crippen molar-refractivity contribution in [3.63, 3.8) is 0 Å². The highest BCUT2D eigenvalue weighted by Gasteiger charge is 2.34. The molecule has 2 atom stereocenters. The second-order valence-corrected chi connectivity index (χ2v) is 9.38. The third-order valence-corrected chi connectivity index (χ3v) is 5.38. The highest BCUT2D eigenvalue weighted by atomic mass is 16.6. The molecule has 0 saturated carbocycles. The number of carbonyl (C=O) groups is 3. The number of phenolic OH excluding ortho intramolecular Hbond substituents is 1. The van der Waals surface area contributed by atoms with Crippen molar-refractivity contribution in [2.24, 2.45) is 0 Å². The van der Waals surface area contributed by atoms with Gasteiger partial charge in [-0.05, 0) is 61.4 Å². The van der Waals surface area contributed by atoms with Crippen LogP contribution in [0.3, 0.4) is 0 Å². The van der Waals surface area contributed by atoms with E-state index >= 15 is 0 Å². The number of nitrogens with one attached hydrogen (secondary N) is 2. The van der Waals surface area contributed by atoms with Crippen molar-refractivity contribution in [3.8, 4) is 5.75 Å². The maximum Gasteiger partial charge on any atom is 0.408 e. The lowest BCUT2D eigenvalue weighted by Crippen LogP contribution is -2.52. The number of carbonyl (C=O) groups excluding carboxylic acids is 3. The fraction of sp³-hybridized carbons (Fsp3) is 0.296.